The molecular formula is C13H18N2O4. The fourth-order valence-electron chi connectivity index (χ4n) is 1.74. The van der Waals surface area contributed by atoms with Gasteiger partial charge in [-0.25, -0.2) is 0 Å². The van der Waals surface area contributed by atoms with Gasteiger partial charge in [0, 0.05) is 25.7 Å². The highest BCUT2D eigenvalue weighted by atomic mass is 16.4. The fraction of sp³-hybridized carbons (Fsp3) is 0.462. The zero-order chi connectivity index (χ0) is 14.6. The van der Waals surface area contributed by atoms with E-state index in [1.165, 1.54) is 28.6 Å². The van der Waals surface area contributed by atoms with E-state index < -0.39 is 5.97 Å². The number of amides is 1. The van der Waals surface area contributed by atoms with E-state index in [9.17, 15) is 14.4 Å². The number of hydrogen-bond acceptors (Lipinski definition) is 3. The van der Waals surface area contributed by atoms with Crippen molar-refractivity contribution in [3.05, 3.63) is 34.2 Å². The molecule has 0 fully saturated rings. The van der Waals surface area contributed by atoms with Crippen molar-refractivity contribution in [1.82, 2.24) is 9.47 Å². The second-order valence-corrected chi connectivity index (χ2v) is 4.54. The van der Waals surface area contributed by atoms with Gasteiger partial charge in [0.15, 0.2) is 0 Å². The summed E-state index contributed by atoms with van der Waals surface area (Å²) in [6.07, 6.45) is -0.120. The molecule has 0 saturated carbocycles. The summed E-state index contributed by atoms with van der Waals surface area (Å²) in [5.41, 5.74) is -0.0145. The highest BCUT2D eigenvalue weighted by Gasteiger charge is 2.21. The molecule has 0 saturated heterocycles. The van der Waals surface area contributed by atoms with Gasteiger partial charge in [-0.3, -0.25) is 14.4 Å². The average Bonchev–Trinajstić information content (AvgIpc) is 2.31. The summed E-state index contributed by atoms with van der Waals surface area (Å²) in [5, 5.41) is 8.70. The standard InChI is InChI=1S/C13H18N2O4/c1-9(2)15(8-7-12(17)18)13(19)10-5-4-6-11(16)14(10)3/h4-6,9H,7-8H2,1-3H3,(H,17,18). The smallest absolute Gasteiger partial charge is 0.305 e. The minimum Gasteiger partial charge on any atom is -0.481 e. The Morgan fingerprint density at radius 2 is 2.00 bits per heavy atom. The molecule has 6 heteroatoms. The lowest BCUT2D eigenvalue weighted by atomic mass is 10.2. The van der Waals surface area contributed by atoms with Crippen LogP contribution in [0.2, 0.25) is 0 Å². The van der Waals surface area contributed by atoms with Crippen LogP contribution >= 0.6 is 0 Å². The molecule has 1 aromatic rings. The van der Waals surface area contributed by atoms with Crippen LogP contribution < -0.4 is 5.56 Å². The maximum atomic E-state index is 12.3. The molecule has 0 aliphatic rings. The van der Waals surface area contributed by atoms with E-state index in [1.54, 1.807) is 19.9 Å². The van der Waals surface area contributed by atoms with E-state index in [1.807, 2.05) is 0 Å². The minimum absolute atomic E-state index is 0.120. The second-order valence-electron chi connectivity index (χ2n) is 4.54. The molecule has 0 aliphatic carbocycles. The van der Waals surface area contributed by atoms with Crippen molar-refractivity contribution in [2.24, 2.45) is 7.05 Å². The molecule has 0 unspecified atom stereocenters. The number of carbonyl (C=O) groups excluding carboxylic acids is 1. The van der Waals surface area contributed by atoms with Crippen LogP contribution in [0.1, 0.15) is 30.8 Å². The zero-order valence-corrected chi connectivity index (χ0v) is 11.3. The van der Waals surface area contributed by atoms with Crippen LogP contribution in [0.3, 0.4) is 0 Å². The number of carboxylic acids is 1. The third-order valence-electron chi connectivity index (χ3n) is 2.85. The van der Waals surface area contributed by atoms with Crippen molar-refractivity contribution in [2.45, 2.75) is 26.3 Å². The van der Waals surface area contributed by atoms with Crippen LogP contribution in [0.25, 0.3) is 0 Å². The maximum Gasteiger partial charge on any atom is 0.305 e. The van der Waals surface area contributed by atoms with Gasteiger partial charge < -0.3 is 14.6 Å². The zero-order valence-electron chi connectivity index (χ0n) is 11.3. The SMILES string of the molecule is CC(C)N(CCC(=O)O)C(=O)c1cccc(=O)n1C. The van der Waals surface area contributed by atoms with Crippen LogP contribution in [-0.2, 0) is 11.8 Å². The molecule has 0 aromatic carbocycles. The van der Waals surface area contributed by atoms with Crippen molar-refractivity contribution in [1.29, 1.82) is 0 Å². The number of pyridine rings is 1. The summed E-state index contributed by atoms with van der Waals surface area (Å²) >= 11 is 0. The largest absolute Gasteiger partial charge is 0.481 e. The predicted octanol–water partition coefficient (Wildman–Crippen LogP) is 0.711. The first-order valence-electron chi connectivity index (χ1n) is 6.03. The number of hydrogen-bond donors (Lipinski definition) is 1. The van der Waals surface area contributed by atoms with E-state index in [0.29, 0.717) is 0 Å². The number of aromatic nitrogens is 1. The molecule has 19 heavy (non-hydrogen) atoms. The average molecular weight is 266 g/mol. The van der Waals surface area contributed by atoms with Crippen molar-refractivity contribution in [2.75, 3.05) is 6.54 Å². The first-order valence-corrected chi connectivity index (χ1v) is 6.03. The normalized spacial score (nSPS) is 10.5. The van der Waals surface area contributed by atoms with E-state index in [-0.39, 0.29) is 36.2 Å². The summed E-state index contributed by atoms with van der Waals surface area (Å²) in [6, 6.07) is 4.31. The number of nitrogens with zero attached hydrogens (tertiary/aromatic N) is 2. The van der Waals surface area contributed by atoms with E-state index in [4.69, 9.17) is 5.11 Å². The second kappa shape index (κ2) is 6.17. The fourth-order valence-corrected chi connectivity index (χ4v) is 1.74. The van der Waals surface area contributed by atoms with E-state index in [0.717, 1.165) is 0 Å². The summed E-state index contributed by atoms with van der Waals surface area (Å²) in [4.78, 5) is 35.9. The van der Waals surface area contributed by atoms with Gasteiger partial charge in [0.2, 0.25) is 0 Å². The molecule has 1 rings (SSSR count). The molecule has 104 valence electrons. The predicted molar refractivity (Wildman–Crippen MR) is 70.1 cm³/mol. The molecule has 1 amide bonds. The van der Waals surface area contributed by atoms with Gasteiger partial charge in [0.25, 0.3) is 11.5 Å². The Labute approximate surface area is 111 Å². The third-order valence-corrected chi connectivity index (χ3v) is 2.85. The van der Waals surface area contributed by atoms with Crippen molar-refractivity contribution in [3.63, 3.8) is 0 Å². The maximum absolute atomic E-state index is 12.3. The molecule has 0 atom stereocenters. The Bertz CT molecular complexity index is 534. The van der Waals surface area contributed by atoms with Gasteiger partial charge in [0.05, 0.1) is 6.42 Å². The lowest BCUT2D eigenvalue weighted by molar-refractivity contribution is -0.137. The Kier molecular flexibility index (Phi) is 4.86. The van der Waals surface area contributed by atoms with Crippen LogP contribution in [0, 0.1) is 0 Å². The van der Waals surface area contributed by atoms with Crippen LogP contribution in [-0.4, -0.2) is 39.0 Å². The summed E-state index contributed by atoms with van der Waals surface area (Å²) in [5.74, 6) is -1.29. The summed E-state index contributed by atoms with van der Waals surface area (Å²) < 4.78 is 1.26. The molecule has 0 aliphatic heterocycles. The first-order chi connectivity index (χ1) is 8.84. The molecule has 1 heterocycles. The lowest BCUT2D eigenvalue weighted by Gasteiger charge is -2.26. The molecule has 0 spiro atoms. The van der Waals surface area contributed by atoms with Crippen molar-refractivity contribution < 1.29 is 14.7 Å². The lowest BCUT2D eigenvalue weighted by Crippen LogP contribution is -2.40. The van der Waals surface area contributed by atoms with Gasteiger partial charge in [-0.2, -0.15) is 0 Å². The Balaban J connectivity index is 3.03. The number of rotatable bonds is 5. The van der Waals surface area contributed by atoms with E-state index >= 15 is 0 Å². The van der Waals surface area contributed by atoms with Crippen molar-refractivity contribution >= 4 is 11.9 Å². The van der Waals surface area contributed by atoms with Gasteiger partial charge in [-0.15, -0.1) is 0 Å². The first kappa shape index (κ1) is 14.9. The minimum atomic E-state index is -0.958. The molecular weight excluding hydrogens is 248 g/mol. The van der Waals surface area contributed by atoms with Crippen LogP contribution in [0.4, 0.5) is 0 Å². The monoisotopic (exact) mass is 266 g/mol. The van der Waals surface area contributed by atoms with Crippen molar-refractivity contribution in [3.8, 4) is 0 Å². The number of carbonyl (C=O) groups is 2. The molecule has 6 nitrogen and oxygen atoms in total. The van der Waals surface area contributed by atoms with Gasteiger partial charge in [0.1, 0.15) is 5.69 Å². The summed E-state index contributed by atoms with van der Waals surface area (Å²) in [7, 11) is 1.52. The van der Waals surface area contributed by atoms with Crippen LogP contribution in [0.5, 0.6) is 0 Å². The topological polar surface area (TPSA) is 79.6 Å². The highest BCUT2D eigenvalue weighted by molar-refractivity contribution is 5.93. The Hall–Kier alpha value is -2.11. The quantitative estimate of drug-likeness (QED) is 0.851. The van der Waals surface area contributed by atoms with Crippen LogP contribution in [0.15, 0.2) is 23.0 Å². The van der Waals surface area contributed by atoms with Gasteiger partial charge in [-0.05, 0) is 19.9 Å². The Morgan fingerprint density at radius 1 is 1.37 bits per heavy atom. The Morgan fingerprint density at radius 3 is 2.53 bits per heavy atom. The van der Waals surface area contributed by atoms with Gasteiger partial charge >= 0.3 is 5.97 Å². The highest BCUT2D eigenvalue weighted by Crippen LogP contribution is 2.07. The third kappa shape index (κ3) is 3.67. The van der Waals surface area contributed by atoms with Gasteiger partial charge in [-0.1, -0.05) is 6.07 Å². The molecule has 1 aromatic heterocycles. The molecule has 1 N–H and O–H groups in total. The van der Waals surface area contributed by atoms with E-state index in [2.05, 4.69) is 0 Å². The number of carboxylic acid groups (broad SMARTS) is 1. The molecule has 0 bridgehead atoms. The molecule has 0 radical (unpaired) electrons. The number of aliphatic carboxylic acids is 1. The summed E-state index contributed by atoms with van der Waals surface area (Å²) in [6.45, 7) is 3.73.